The molecule has 0 aliphatic rings. The zero-order valence-electron chi connectivity index (χ0n) is 19.3. The van der Waals surface area contributed by atoms with Crippen molar-refractivity contribution >= 4 is 17.5 Å². The van der Waals surface area contributed by atoms with Crippen LogP contribution >= 0.6 is 0 Å². The van der Waals surface area contributed by atoms with Crippen LogP contribution in [0.1, 0.15) is 22.3 Å². The molecule has 8 heteroatoms. The summed E-state index contributed by atoms with van der Waals surface area (Å²) >= 11 is 0. The van der Waals surface area contributed by atoms with Gasteiger partial charge in [0, 0.05) is 17.4 Å². The van der Waals surface area contributed by atoms with Gasteiger partial charge in [0.05, 0.1) is 32.2 Å². The van der Waals surface area contributed by atoms with Crippen LogP contribution in [-0.4, -0.2) is 35.3 Å². The first-order chi connectivity index (χ1) is 17.0. The fourth-order valence-corrected chi connectivity index (χ4v) is 3.50. The highest BCUT2D eigenvalue weighted by Crippen LogP contribution is 2.26. The Hall–Kier alpha value is -4.59. The lowest BCUT2D eigenvalue weighted by Crippen LogP contribution is -2.14. The summed E-state index contributed by atoms with van der Waals surface area (Å²) < 4.78 is 12.5. The molecule has 0 fully saturated rings. The molecule has 2 amide bonds. The summed E-state index contributed by atoms with van der Waals surface area (Å²) in [5, 5.41) is 7.64. The fourth-order valence-electron chi connectivity index (χ4n) is 3.50. The maximum absolute atomic E-state index is 13.3. The Bertz CT molecular complexity index is 1280. The third kappa shape index (κ3) is 6.26. The molecule has 0 aliphatic carbocycles. The lowest BCUT2D eigenvalue weighted by atomic mass is 10.1. The Morgan fingerprint density at radius 1 is 0.943 bits per heavy atom. The molecule has 0 spiro atoms. The molecule has 35 heavy (non-hydrogen) atoms. The molecule has 4 aromatic rings. The second kappa shape index (κ2) is 11.0. The minimum Gasteiger partial charge on any atom is -0.497 e. The number of carbonyl (C=O) groups excluding carboxylic acids is 2. The number of hydrogen-bond donors (Lipinski definition) is 2. The minimum absolute atomic E-state index is 0.138. The van der Waals surface area contributed by atoms with Crippen molar-refractivity contribution in [3.8, 4) is 22.8 Å². The van der Waals surface area contributed by atoms with Crippen LogP contribution in [0.4, 0.5) is 5.69 Å². The van der Waals surface area contributed by atoms with Gasteiger partial charge in [0.15, 0.2) is 0 Å². The molecule has 3 N–H and O–H groups in total. The number of aromatic nitrogens is 2. The van der Waals surface area contributed by atoms with Gasteiger partial charge in [-0.2, -0.15) is 5.10 Å². The van der Waals surface area contributed by atoms with E-state index >= 15 is 0 Å². The molecule has 0 bridgehead atoms. The molecule has 1 heterocycles. The van der Waals surface area contributed by atoms with Crippen LogP contribution in [0, 0.1) is 0 Å². The standard InChI is InChI=1S/C27H26N4O4/c1-34-22-11-7-20(8-12-22)26-24(18-31(30-26)17-19-5-3-2-4-6-19)27(33)29-21-9-13-23(14-10-21)35-16-15-25(28)32/h2-14,18H,15-17H2,1H3,(H2,28,32)(H,29,33). The van der Waals surface area contributed by atoms with Gasteiger partial charge in [-0.25, -0.2) is 0 Å². The fraction of sp³-hybridized carbons (Fsp3) is 0.148. The number of nitrogens with zero attached hydrogens (tertiary/aromatic N) is 2. The van der Waals surface area contributed by atoms with E-state index in [0.717, 1.165) is 16.9 Å². The van der Waals surface area contributed by atoms with Crippen molar-refractivity contribution in [2.75, 3.05) is 19.0 Å². The lowest BCUT2D eigenvalue weighted by molar-refractivity contribution is -0.118. The van der Waals surface area contributed by atoms with E-state index in [2.05, 4.69) is 5.32 Å². The first kappa shape index (κ1) is 23.6. The monoisotopic (exact) mass is 470 g/mol. The van der Waals surface area contributed by atoms with Gasteiger partial charge in [-0.15, -0.1) is 0 Å². The normalized spacial score (nSPS) is 10.5. The maximum atomic E-state index is 13.3. The van der Waals surface area contributed by atoms with Gasteiger partial charge in [0.25, 0.3) is 5.91 Å². The Morgan fingerprint density at radius 3 is 2.29 bits per heavy atom. The third-order valence-corrected chi connectivity index (χ3v) is 5.29. The lowest BCUT2D eigenvalue weighted by Gasteiger charge is -2.08. The van der Waals surface area contributed by atoms with E-state index in [1.165, 1.54) is 0 Å². The number of nitrogens with one attached hydrogen (secondary N) is 1. The third-order valence-electron chi connectivity index (χ3n) is 5.29. The second-order valence-electron chi connectivity index (χ2n) is 7.85. The molecule has 0 saturated heterocycles. The van der Waals surface area contributed by atoms with E-state index in [0.29, 0.717) is 29.2 Å². The predicted octanol–water partition coefficient (Wildman–Crippen LogP) is 4.11. The van der Waals surface area contributed by atoms with Crippen LogP contribution < -0.4 is 20.5 Å². The van der Waals surface area contributed by atoms with Gasteiger partial charge in [-0.1, -0.05) is 30.3 Å². The van der Waals surface area contributed by atoms with Gasteiger partial charge in [0.2, 0.25) is 5.91 Å². The SMILES string of the molecule is COc1ccc(-c2nn(Cc3ccccc3)cc2C(=O)Nc2ccc(OCCC(N)=O)cc2)cc1. The van der Waals surface area contributed by atoms with Crippen molar-refractivity contribution in [3.63, 3.8) is 0 Å². The van der Waals surface area contributed by atoms with E-state index in [9.17, 15) is 9.59 Å². The quantitative estimate of drug-likeness (QED) is 0.363. The van der Waals surface area contributed by atoms with Crippen molar-refractivity contribution in [1.29, 1.82) is 0 Å². The molecule has 0 atom stereocenters. The number of primary amides is 1. The number of nitrogens with two attached hydrogens (primary N) is 1. The molecule has 0 saturated carbocycles. The number of benzene rings is 3. The van der Waals surface area contributed by atoms with Gasteiger partial charge < -0.3 is 20.5 Å². The first-order valence-corrected chi connectivity index (χ1v) is 11.1. The first-order valence-electron chi connectivity index (χ1n) is 11.1. The summed E-state index contributed by atoms with van der Waals surface area (Å²) in [6.45, 7) is 0.738. The largest absolute Gasteiger partial charge is 0.497 e. The summed E-state index contributed by atoms with van der Waals surface area (Å²) in [7, 11) is 1.61. The molecule has 0 unspecified atom stereocenters. The zero-order chi connectivity index (χ0) is 24.6. The van der Waals surface area contributed by atoms with Gasteiger partial charge in [0.1, 0.15) is 17.2 Å². The molecule has 0 radical (unpaired) electrons. The van der Waals surface area contributed by atoms with E-state index in [-0.39, 0.29) is 18.9 Å². The smallest absolute Gasteiger partial charge is 0.259 e. The van der Waals surface area contributed by atoms with Crippen LogP contribution in [-0.2, 0) is 11.3 Å². The minimum atomic E-state index is -0.422. The molecule has 8 nitrogen and oxygen atoms in total. The Morgan fingerprint density at radius 2 is 1.63 bits per heavy atom. The van der Waals surface area contributed by atoms with E-state index in [1.54, 1.807) is 42.3 Å². The van der Waals surface area contributed by atoms with Crippen molar-refractivity contribution in [3.05, 3.63) is 96.2 Å². The molecule has 3 aromatic carbocycles. The molecule has 0 aliphatic heterocycles. The van der Waals surface area contributed by atoms with Crippen molar-refractivity contribution in [1.82, 2.24) is 9.78 Å². The summed E-state index contributed by atoms with van der Waals surface area (Å²) in [6, 6.07) is 24.3. The number of rotatable bonds is 10. The van der Waals surface area contributed by atoms with Crippen molar-refractivity contribution in [2.45, 2.75) is 13.0 Å². The van der Waals surface area contributed by atoms with Crippen LogP contribution in [0.3, 0.4) is 0 Å². The number of carbonyl (C=O) groups is 2. The van der Waals surface area contributed by atoms with Gasteiger partial charge in [-0.05, 0) is 54.1 Å². The number of amides is 2. The summed E-state index contributed by atoms with van der Waals surface area (Å²) in [4.78, 5) is 24.1. The summed E-state index contributed by atoms with van der Waals surface area (Å²) in [6.07, 6.45) is 1.89. The number of ether oxygens (including phenoxy) is 2. The molecule has 178 valence electrons. The molecule has 4 rings (SSSR count). The van der Waals surface area contributed by atoms with Crippen LogP contribution in [0.15, 0.2) is 85.1 Å². The summed E-state index contributed by atoms with van der Waals surface area (Å²) in [5.41, 5.74) is 8.64. The molecular formula is C27H26N4O4. The number of methoxy groups -OCH3 is 1. The highest BCUT2D eigenvalue weighted by Gasteiger charge is 2.19. The summed E-state index contributed by atoms with van der Waals surface area (Å²) in [5.74, 6) is 0.604. The molecular weight excluding hydrogens is 444 g/mol. The van der Waals surface area contributed by atoms with E-state index in [1.807, 2.05) is 54.6 Å². The van der Waals surface area contributed by atoms with Gasteiger partial charge >= 0.3 is 0 Å². The predicted molar refractivity (Wildman–Crippen MR) is 133 cm³/mol. The van der Waals surface area contributed by atoms with Crippen LogP contribution in [0.2, 0.25) is 0 Å². The zero-order valence-corrected chi connectivity index (χ0v) is 19.3. The number of anilines is 1. The van der Waals surface area contributed by atoms with Crippen molar-refractivity contribution < 1.29 is 19.1 Å². The average molecular weight is 471 g/mol. The molecule has 1 aromatic heterocycles. The topological polar surface area (TPSA) is 108 Å². The van der Waals surface area contributed by atoms with E-state index < -0.39 is 5.91 Å². The Labute approximate surface area is 203 Å². The van der Waals surface area contributed by atoms with E-state index in [4.69, 9.17) is 20.3 Å². The number of hydrogen-bond acceptors (Lipinski definition) is 5. The Kier molecular flexibility index (Phi) is 7.42. The maximum Gasteiger partial charge on any atom is 0.259 e. The second-order valence-corrected chi connectivity index (χ2v) is 7.85. The highest BCUT2D eigenvalue weighted by molar-refractivity contribution is 6.08. The highest BCUT2D eigenvalue weighted by atomic mass is 16.5. The van der Waals surface area contributed by atoms with Gasteiger partial charge in [-0.3, -0.25) is 14.3 Å². The average Bonchev–Trinajstić information content (AvgIpc) is 3.29. The van der Waals surface area contributed by atoms with Crippen LogP contribution in [0.5, 0.6) is 11.5 Å². The van der Waals surface area contributed by atoms with Crippen LogP contribution in [0.25, 0.3) is 11.3 Å². The van der Waals surface area contributed by atoms with Crippen molar-refractivity contribution in [2.24, 2.45) is 5.73 Å². The Balaban J connectivity index is 1.55.